The van der Waals surface area contributed by atoms with Gasteiger partial charge in [0.2, 0.25) is 6.23 Å². The molecule has 3 rings (SSSR count). The summed E-state index contributed by atoms with van der Waals surface area (Å²) in [5.74, 6) is -4.17. The molecule has 1 aliphatic rings. The minimum atomic E-state index is -3.84. The highest BCUT2D eigenvalue weighted by atomic mass is 19.3. The van der Waals surface area contributed by atoms with Crippen LogP contribution >= 0.6 is 0 Å². The number of alkyl halides is 2. The second kappa shape index (κ2) is 8.57. The first-order valence-corrected chi connectivity index (χ1v) is 9.10. The predicted molar refractivity (Wildman–Crippen MR) is 103 cm³/mol. The number of aliphatic hydroxyl groups excluding tert-OH is 2. The molecule has 31 heavy (non-hydrogen) atoms. The third-order valence-electron chi connectivity index (χ3n) is 4.85. The van der Waals surface area contributed by atoms with Crippen molar-refractivity contribution in [1.29, 1.82) is 0 Å². The summed E-state index contributed by atoms with van der Waals surface area (Å²) in [6.07, 6.45) is -5.07. The quantitative estimate of drug-likeness (QED) is 0.597. The maximum Gasteiger partial charge on any atom is 0.351 e. The van der Waals surface area contributed by atoms with E-state index in [1.807, 2.05) is 0 Å². The highest BCUT2D eigenvalue weighted by Crippen LogP contribution is 2.42. The van der Waals surface area contributed by atoms with Crippen molar-refractivity contribution < 1.29 is 38.0 Å². The van der Waals surface area contributed by atoms with Gasteiger partial charge in [0.25, 0.3) is 5.91 Å². The Morgan fingerprint density at radius 3 is 2.52 bits per heavy atom. The number of hydrogen-bond donors (Lipinski definition) is 3. The molecule has 1 saturated heterocycles. The van der Waals surface area contributed by atoms with Crippen molar-refractivity contribution >= 4 is 11.7 Å². The zero-order chi connectivity index (χ0) is 22.9. The molecule has 0 radical (unpaired) electrons. The summed E-state index contributed by atoms with van der Waals surface area (Å²) in [6, 6.07) is 4.26. The molecule has 3 N–H and O–H groups in total. The van der Waals surface area contributed by atoms with Crippen LogP contribution in [0.5, 0.6) is 11.5 Å². The number of nitrogens with zero attached hydrogens (tertiary/aromatic N) is 2. The Morgan fingerprint density at radius 2 is 1.97 bits per heavy atom. The molecule has 0 saturated carbocycles. The van der Waals surface area contributed by atoms with Gasteiger partial charge in [-0.3, -0.25) is 9.36 Å². The monoisotopic (exact) mass is 441 g/mol. The molecule has 0 aliphatic carbocycles. The molecule has 0 spiro atoms. The molecular formula is C19H21F2N3O7. The number of carbonyl (C=O) groups excluding carboxylic acids is 1. The number of nitrogens with one attached hydrogen (secondary N) is 1. The Balaban J connectivity index is 1.87. The largest absolute Gasteiger partial charge is 0.493 e. The van der Waals surface area contributed by atoms with Gasteiger partial charge in [-0.25, -0.2) is 4.79 Å². The topological polar surface area (TPSA) is 132 Å². The van der Waals surface area contributed by atoms with E-state index in [0.717, 1.165) is 17.8 Å². The van der Waals surface area contributed by atoms with Crippen LogP contribution in [0.25, 0.3) is 0 Å². The maximum absolute atomic E-state index is 14.3. The highest BCUT2D eigenvalue weighted by molar-refractivity contribution is 6.06. The molecule has 168 valence electrons. The molecular weight excluding hydrogens is 420 g/mol. The fraction of sp³-hybridized carbons (Fsp3) is 0.421. The molecule has 1 fully saturated rings. The Hall–Kier alpha value is -3.09. The van der Waals surface area contributed by atoms with Crippen LogP contribution in [0, 0.1) is 6.92 Å². The summed E-state index contributed by atoms with van der Waals surface area (Å²) in [7, 11) is 2.79. The van der Waals surface area contributed by atoms with Crippen LogP contribution in [0.1, 0.15) is 22.1 Å². The van der Waals surface area contributed by atoms with Gasteiger partial charge >= 0.3 is 11.6 Å². The number of amides is 1. The van der Waals surface area contributed by atoms with Crippen molar-refractivity contribution in [3.63, 3.8) is 0 Å². The van der Waals surface area contributed by atoms with Crippen LogP contribution in [-0.4, -0.2) is 64.6 Å². The zero-order valence-corrected chi connectivity index (χ0v) is 16.8. The number of benzene rings is 1. The van der Waals surface area contributed by atoms with E-state index in [-0.39, 0.29) is 17.1 Å². The van der Waals surface area contributed by atoms with Gasteiger partial charge in [-0.1, -0.05) is 6.07 Å². The minimum absolute atomic E-state index is 0.107. The lowest BCUT2D eigenvalue weighted by atomic mass is 10.1. The third-order valence-corrected chi connectivity index (χ3v) is 4.85. The van der Waals surface area contributed by atoms with Crippen molar-refractivity contribution in [2.75, 3.05) is 26.1 Å². The second-order valence-corrected chi connectivity index (χ2v) is 6.78. The smallest absolute Gasteiger partial charge is 0.351 e. The maximum atomic E-state index is 14.3. The molecule has 3 atom stereocenters. The van der Waals surface area contributed by atoms with Gasteiger partial charge in [0.1, 0.15) is 11.9 Å². The van der Waals surface area contributed by atoms with Gasteiger partial charge in [0, 0.05) is 6.20 Å². The lowest BCUT2D eigenvalue weighted by Gasteiger charge is -2.21. The summed E-state index contributed by atoms with van der Waals surface area (Å²) >= 11 is 0. The molecule has 1 aliphatic heterocycles. The number of carbonyl (C=O) groups is 1. The molecule has 2 heterocycles. The number of ether oxygens (including phenoxy) is 3. The number of rotatable bonds is 6. The van der Waals surface area contributed by atoms with Crippen LogP contribution in [0.4, 0.5) is 14.6 Å². The van der Waals surface area contributed by atoms with Crippen LogP contribution in [0.3, 0.4) is 0 Å². The Kier molecular flexibility index (Phi) is 6.25. The fourth-order valence-corrected chi connectivity index (χ4v) is 3.26. The van der Waals surface area contributed by atoms with Crippen LogP contribution in [-0.2, 0) is 4.74 Å². The van der Waals surface area contributed by atoms with E-state index in [0.29, 0.717) is 10.3 Å². The molecule has 0 bridgehead atoms. The van der Waals surface area contributed by atoms with Gasteiger partial charge in [0.15, 0.2) is 17.6 Å². The van der Waals surface area contributed by atoms with Gasteiger partial charge in [0.05, 0.1) is 26.4 Å². The first-order chi connectivity index (χ1) is 14.6. The number of methoxy groups -OCH3 is 2. The van der Waals surface area contributed by atoms with E-state index < -0.39 is 42.6 Å². The molecule has 10 nitrogen and oxygen atoms in total. The first kappa shape index (κ1) is 22.6. The minimum Gasteiger partial charge on any atom is -0.493 e. The van der Waals surface area contributed by atoms with Crippen molar-refractivity contribution in [3.8, 4) is 11.5 Å². The predicted octanol–water partition coefficient (Wildman–Crippen LogP) is 0.707. The van der Waals surface area contributed by atoms with E-state index in [9.17, 15) is 23.5 Å². The number of aryl methyl sites for hydroxylation is 1. The average molecular weight is 441 g/mol. The molecule has 2 aromatic rings. The van der Waals surface area contributed by atoms with E-state index in [4.69, 9.17) is 19.3 Å². The summed E-state index contributed by atoms with van der Waals surface area (Å²) in [6.45, 7) is 0.912. The number of halogens is 2. The van der Waals surface area contributed by atoms with Crippen LogP contribution < -0.4 is 20.5 Å². The average Bonchev–Trinajstić information content (AvgIpc) is 2.96. The van der Waals surface area contributed by atoms with Crippen molar-refractivity contribution in [2.45, 2.75) is 31.3 Å². The number of anilines is 1. The van der Waals surface area contributed by atoms with Gasteiger partial charge < -0.3 is 29.7 Å². The lowest BCUT2D eigenvalue weighted by molar-refractivity contribution is -0.140. The third kappa shape index (κ3) is 3.96. The van der Waals surface area contributed by atoms with E-state index >= 15 is 0 Å². The normalized spacial score (nSPS) is 22.2. The Morgan fingerprint density at radius 1 is 1.29 bits per heavy atom. The van der Waals surface area contributed by atoms with E-state index in [1.54, 1.807) is 13.0 Å². The number of hydrogen-bond acceptors (Lipinski definition) is 8. The summed E-state index contributed by atoms with van der Waals surface area (Å²) in [5.41, 5.74) is -0.310. The van der Waals surface area contributed by atoms with Gasteiger partial charge in [-0.05, 0) is 24.6 Å². The Bertz CT molecular complexity index is 1040. The van der Waals surface area contributed by atoms with E-state index in [1.165, 1.54) is 20.3 Å². The fourth-order valence-electron chi connectivity index (χ4n) is 3.26. The SMILES string of the molecule is COc1c(C)ccc(C(=O)Nc2ccn(C3O[C@H](CO)[C@@H](O)C3(F)F)c(=O)n2)c1OC. The molecule has 1 aromatic heterocycles. The molecule has 1 unspecified atom stereocenters. The summed E-state index contributed by atoms with van der Waals surface area (Å²) < 4.78 is 44.4. The molecule has 1 amide bonds. The number of aliphatic hydroxyl groups is 2. The standard InChI is InChI=1S/C19H21F2N3O7/c1-9-4-5-10(14(30-3)13(9)29-2)16(27)22-12-6-7-24(18(28)23-12)17-19(20,21)15(26)11(8-25)31-17/h4-7,11,15,17,25-26H,8H2,1-3H3,(H,22,23,27,28)/t11-,15-,17?/m1/s1. The van der Waals surface area contributed by atoms with Crippen molar-refractivity contribution in [3.05, 3.63) is 46.0 Å². The summed E-state index contributed by atoms with van der Waals surface area (Å²) in [4.78, 5) is 28.5. The van der Waals surface area contributed by atoms with Crippen LogP contribution in [0.15, 0.2) is 29.2 Å². The first-order valence-electron chi connectivity index (χ1n) is 9.10. The van der Waals surface area contributed by atoms with Gasteiger partial charge in [-0.15, -0.1) is 0 Å². The lowest BCUT2D eigenvalue weighted by Crippen LogP contribution is -2.41. The molecule has 12 heteroatoms. The zero-order valence-electron chi connectivity index (χ0n) is 16.8. The number of aromatic nitrogens is 2. The van der Waals surface area contributed by atoms with Crippen LogP contribution in [0.2, 0.25) is 0 Å². The highest BCUT2D eigenvalue weighted by Gasteiger charge is 2.59. The van der Waals surface area contributed by atoms with E-state index in [2.05, 4.69) is 10.3 Å². The summed E-state index contributed by atoms with van der Waals surface area (Å²) in [5, 5.41) is 21.1. The Labute approximate surface area is 175 Å². The van der Waals surface area contributed by atoms with Crippen molar-refractivity contribution in [2.24, 2.45) is 0 Å². The van der Waals surface area contributed by atoms with Crippen molar-refractivity contribution in [1.82, 2.24) is 9.55 Å². The molecule has 1 aromatic carbocycles. The second-order valence-electron chi connectivity index (χ2n) is 6.78. The van der Waals surface area contributed by atoms with Gasteiger partial charge in [-0.2, -0.15) is 13.8 Å².